The molecule has 2 amide bonds. The highest BCUT2D eigenvalue weighted by molar-refractivity contribution is 5.89. The second kappa shape index (κ2) is 7.29. The fourth-order valence-corrected chi connectivity index (χ4v) is 2.77. The lowest BCUT2D eigenvalue weighted by molar-refractivity contribution is 0.111. The lowest BCUT2D eigenvalue weighted by Gasteiger charge is -2.32. The van der Waals surface area contributed by atoms with Crippen molar-refractivity contribution < 1.29 is 9.53 Å². The molecule has 2 aromatic rings. The van der Waals surface area contributed by atoms with Crippen molar-refractivity contribution in [2.45, 2.75) is 32.8 Å². The maximum Gasteiger partial charge on any atom is 0.321 e. The number of amides is 2. The van der Waals surface area contributed by atoms with Gasteiger partial charge in [0.2, 0.25) is 5.88 Å². The van der Waals surface area contributed by atoms with Gasteiger partial charge in [-0.2, -0.15) is 4.98 Å². The Morgan fingerprint density at radius 2 is 2.04 bits per heavy atom. The Morgan fingerprint density at radius 1 is 1.25 bits per heavy atom. The van der Waals surface area contributed by atoms with Crippen molar-refractivity contribution in [2.75, 3.05) is 18.4 Å². The molecule has 2 heterocycles. The van der Waals surface area contributed by atoms with Crippen molar-refractivity contribution in [3.8, 4) is 5.88 Å². The van der Waals surface area contributed by atoms with Gasteiger partial charge in [0.05, 0.1) is 0 Å². The highest BCUT2D eigenvalue weighted by Gasteiger charge is 2.24. The van der Waals surface area contributed by atoms with Gasteiger partial charge in [0.15, 0.2) is 0 Å². The van der Waals surface area contributed by atoms with Crippen LogP contribution in [0.5, 0.6) is 5.88 Å². The first-order chi connectivity index (χ1) is 11.6. The lowest BCUT2D eigenvalue weighted by Crippen LogP contribution is -2.43. The number of aromatic nitrogens is 2. The van der Waals surface area contributed by atoms with Gasteiger partial charge in [0.1, 0.15) is 11.9 Å². The van der Waals surface area contributed by atoms with Gasteiger partial charge in [-0.15, -0.1) is 0 Å². The molecule has 0 aliphatic carbocycles. The number of hydrogen-bond acceptors (Lipinski definition) is 4. The minimum Gasteiger partial charge on any atom is -0.474 e. The third kappa shape index (κ3) is 4.22. The molecule has 1 fully saturated rings. The molecule has 0 unspecified atom stereocenters. The number of ether oxygens (including phenoxy) is 1. The Hall–Kier alpha value is -2.63. The third-order valence-electron chi connectivity index (χ3n) is 4.04. The number of benzene rings is 1. The molecule has 0 spiro atoms. The minimum atomic E-state index is -0.0584. The van der Waals surface area contributed by atoms with E-state index in [-0.39, 0.29) is 12.1 Å². The quantitative estimate of drug-likeness (QED) is 0.941. The van der Waals surface area contributed by atoms with E-state index in [4.69, 9.17) is 4.74 Å². The average Bonchev–Trinajstić information content (AvgIpc) is 2.55. The van der Waals surface area contributed by atoms with Crippen LogP contribution in [0.2, 0.25) is 0 Å². The second-order valence-corrected chi connectivity index (χ2v) is 6.05. The summed E-state index contributed by atoms with van der Waals surface area (Å²) in [4.78, 5) is 22.5. The highest BCUT2D eigenvalue weighted by Crippen LogP contribution is 2.18. The molecule has 1 aliphatic rings. The SMILES string of the molecule is Cc1cccc(NC(=O)N2CCC(Oc3ccnc(C)n3)CC2)c1. The van der Waals surface area contributed by atoms with Crippen molar-refractivity contribution in [3.63, 3.8) is 0 Å². The zero-order valence-electron chi connectivity index (χ0n) is 14.0. The molecule has 1 aromatic heterocycles. The monoisotopic (exact) mass is 326 g/mol. The van der Waals surface area contributed by atoms with E-state index in [9.17, 15) is 4.79 Å². The Labute approximate surface area is 141 Å². The number of likely N-dealkylation sites (tertiary alicyclic amines) is 1. The molecule has 1 aliphatic heterocycles. The molecule has 24 heavy (non-hydrogen) atoms. The summed E-state index contributed by atoms with van der Waals surface area (Å²) in [7, 11) is 0. The van der Waals surface area contributed by atoms with Crippen LogP contribution < -0.4 is 10.1 Å². The van der Waals surface area contributed by atoms with Crippen LogP contribution in [0.15, 0.2) is 36.5 Å². The number of urea groups is 1. The largest absolute Gasteiger partial charge is 0.474 e. The molecule has 6 heteroatoms. The molecule has 0 radical (unpaired) electrons. The van der Waals surface area contributed by atoms with Crippen molar-refractivity contribution in [3.05, 3.63) is 47.9 Å². The summed E-state index contributed by atoms with van der Waals surface area (Å²) in [6, 6.07) is 9.52. The van der Waals surface area contributed by atoms with E-state index in [1.54, 1.807) is 12.3 Å². The van der Waals surface area contributed by atoms with E-state index in [1.165, 1.54) is 0 Å². The van der Waals surface area contributed by atoms with Crippen LogP contribution in [0.25, 0.3) is 0 Å². The van der Waals surface area contributed by atoms with E-state index in [1.807, 2.05) is 43.0 Å². The molecule has 0 atom stereocenters. The molecule has 3 rings (SSSR count). The van der Waals surface area contributed by atoms with Crippen LogP contribution >= 0.6 is 0 Å². The smallest absolute Gasteiger partial charge is 0.321 e. The summed E-state index contributed by atoms with van der Waals surface area (Å²) in [6.07, 6.45) is 3.37. The van der Waals surface area contributed by atoms with Gasteiger partial charge in [0, 0.05) is 43.9 Å². The maximum atomic E-state index is 12.3. The maximum absolute atomic E-state index is 12.3. The predicted octanol–water partition coefficient (Wildman–Crippen LogP) is 3.17. The first-order valence-electron chi connectivity index (χ1n) is 8.19. The Morgan fingerprint density at radius 3 is 2.75 bits per heavy atom. The zero-order valence-corrected chi connectivity index (χ0v) is 14.0. The standard InChI is InChI=1S/C18H22N4O2/c1-13-4-3-5-15(12-13)21-18(23)22-10-7-16(8-11-22)24-17-6-9-19-14(2)20-17/h3-6,9,12,16H,7-8,10-11H2,1-2H3,(H,21,23). The summed E-state index contributed by atoms with van der Waals surface area (Å²) < 4.78 is 5.89. The van der Waals surface area contributed by atoms with Crippen LogP contribution in [-0.2, 0) is 0 Å². The van der Waals surface area contributed by atoms with Crippen molar-refractivity contribution in [1.82, 2.24) is 14.9 Å². The van der Waals surface area contributed by atoms with Gasteiger partial charge in [-0.05, 0) is 31.5 Å². The van der Waals surface area contributed by atoms with Crippen molar-refractivity contribution >= 4 is 11.7 Å². The van der Waals surface area contributed by atoms with Crippen molar-refractivity contribution in [1.29, 1.82) is 0 Å². The number of hydrogen-bond donors (Lipinski definition) is 1. The highest BCUT2D eigenvalue weighted by atomic mass is 16.5. The van der Waals surface area contributed by atoms with Gasteiger partial charge in [-0.1, -0.05) is 12.1 Å². The Kier molecular flexibility index (Phi) is 4.93. The van der Waals surface area contributed by atoms with Crippen LogP contribution in [0, 0.1) is 13.8 Å². The lowest BCUT2D eigenvalue weighted by atomic mass is 10.1. The van der Waals surface area contributed by atoms with Crippen LogP contribution in [0.4, 0.5) is 10.5 Å². The van der Waals surface area contributed by atoms with Crippen LogP contribution in [-0.4, -0.2) is 40.1 Å². The number of nitrogens with one attached hydrogen (secondary N) is 1. The first kappa shape index (κ1) is 16.2. The number of nitrogens with zero attached hydrogens (tertiary/aromatic N) is 3. The Bertz CT molecular complexity index is 712. The number of anilines is 1. The number of aryl methyl sites for hydroxylation is 2. The molecule has 1 saturated heterocycles. The molecule has 0 saturated carbocycles. The Balaban J connectivity index is 1.50. The van der Waals surface area contributed by atoms with E-state index < -0.39 is 0 Å². The number of carbonyl (C=O) groups is 1. The molecule has 1 N–H and O–H groups in total. The normalized spacial score (nSPS) is 15.2. The summed E-state index contributed by atoms with van der Waals surface area (Å²) >= 11 is 0. The molecule has 0 bridgehead atoms. The van der Waals surface area contributed by atoms with E-state index in [2.05, 4.69) is 15.3 Å². The molecule has 1 aromatic carbocycles. The summed E-state index contributed by atoms with van der Waals surface area (Å²) in [6.45, 7) is 5.19. The van der Waals surface area contributed by atoms with E-state index in [0.717, 1.165) is 24.1 Å². The van der Waals surface area contributed by atoms with E-state index in [0.29, 0.717) is 24.8 Å². The first-order valence-corrected chi connectivity index (χ1v) is 8.19. The number of carbonyl (C=O) groups excluding carboxylic acids is 1. The number of rotatable bonds is 3. The van der Waals surface area contributed by atoms with Gasteiger partial charge < -0.3 is 15.0 Å². The van der Waals surface area contributed by atoms with Gasteiger partial charge in [-0.3, -0.25) is 0 Å². The van der Waals surface area contributed by atoms with Crippen LogP contribution in [0.1, 0.15) is 24.2 Å². The fraction of sp³-hybridized carbons (Fsp3) is 0.389. The average molecular weight is 326 g/mol. The van der Waals surface area contributed by atoms with Crippen molar-refractivity contribution in [2.24, 2.45) is 0 Å². The second-order valence-electron chi connectivity index (χ2n) is 6.05. The predicted molar refractivity (Wildman–Crippen MR) is 92.2 cm³/mol. The molecular formula is C18H22N4O2. The zero-order chi connectivity index (χ0) is 16.9. The van der Waals surface area contributed by atoms with Crippen LogP contribution in [0.3, 0.4) is 0 Å². The molecular weight excluding hydrogens is 304 g/mol. The topological polar surface area (TPSA) is 67.4 Å². The van der Waals surface area contributed by atoms with Gasteiger partial charge in [0.25, 0.3) is 0 Å². The van der Waals surface area contributed by atoms with Gasteiger partial charge >= 0.3 is 6.03 Å². The third-order valence-corrected chi connectivity index (χ3v) is 4.04. The van der Waals surface area contributed by atoms with E-state index >= 15 is 0 Å². The van der Waals surface area contributed by atoms with Gasteiger partial charge in [-0.25, -0.2) is 9.78 Å². The summed E-state index contributed by atoms with van der Waals surface area (Å²) in [5, 5.41) is 2.95. The summed E-state index contributed by atoms with van der Waals surface area (Å²) in [5.74, 6) is 1.30. The molecule has 126 valence electrons. The number of piperidine rings is 1. The molecule has 6 nitrogen and oxygen atoms in total. The minimum absolute atomic E-state index is 0.0584. The fourth-order valence-electron chi connectivity index (χ4n) is 2.77. The summed E-state index contributed by atoms with van der Waals surface area (Å²) in [5.41, 5.74) is 1.95.